The van der Waals surface area contributed by atoms with Crippen molar-refractivity contribution in [3.05, 3.63) is 0 Å². The van der Waals surface area contributed by atoms with Gasteiger partial charge in [0.15, 0.2) is 0 Å². The van der Waals surface area contributed by atoms with Crippen LogP contribution < -0.4 is 0 Å². The standard InChI is InChI=1S/CCl2O.2Na/c2-1(3)4;;. The fourth-order valence-corrected chi connectivity index (χ4v) is 0. The minimum atomic E-state index is -0.889. The van der Waals surface area contributed by atoms with Crippen LogP contribution in [-0.2, 0) is 0 Å². The van der Waals surface area contributed by atoms with Crippen LogP contribution in [0, 0.1) is 0 Å². The van der Waals surface area contributed by atoms with Crippen LogP contribution in [0.4, 0.5) is 4.79 Å². The minimum Gasteiger partial charge on any atom is -0.262 e. The molecule has 0 aromatic carbocycles. The van der Waals surface area contributed by atoms with Crippen molar-refractivity contribution < 1.29 is 4.79 Å². The molecular formula is CCl2Na2O. The molecule has 0 rings (SSSR count). The molecule has 2 radical (unpaired) electrons. The second-order valence-corrected chi connectivity index (χ2v) is 1.11. The van der Waals surface area contributed by atoms with E-state index in [1.807, 2.05) is 0 Å². The second-order valence-electron chi connectivity index (χ2n) is 0.226. The molecular weight excluding hydrogens is 145 g/mol. The molecule has 0 unspecified atom stereocenters. The van der Waals surface area contributed by atoms with Crippen molar-refractivity contribution in [3.8, 4) is 0 Å². The van der Waals surface area contributed by atoms with Crippen LogP contribution in [0.25, 0.3) is 0 Å². The maximum Gasteiger partial charge on any atom is 0.313 e. The molecule has 0 aliphatic carbocycles. The first-order valence-corrected chi connectivity index (χ1v) is 1.34. The second kappa shape index (κ2) is 10.3. The Hall–Kier alpha value is 2.25. The van der Waals surface area contributed by atoms with Gasteiger partial charge in [-0.3, -0.25) is 4.79 Å². The van der Waals surface area contributed by atoms with Gasteiger partial charge in [0, 0.05) is 59.1 Å². The molecule has 0 aromatic heterocycles. The molecule has 0 saturated heterocycles. The average Bonchev–Trinajstić information content (AvgIpc) is 0.811. The molecule has 5 heteroatoms. The summed E-state index contributed by atoms with van der Waals surface area (Å²) < 4.78 is -0.889. The summed E-state index contributed by atoms with van der Waals surface area (Å²) >= 11 is 8.80. The summed E-state index contributed by atoms with van der Waals surface area (Å²) in [7, 11) is 0. The van der Waals surface area contributed by atoms with E-state index in [-0.39, 0.29) is 59.1 Å². The third-order valence-electron chi connectivity index (χ3n) is 0. The number of carbonyl (C=O) groups excluding carboxylic acids is 1. The molecule has 0 heterocycles. The average molecular weight is 145 g/mol. The number of carbonyl (C=O) groups is 1. The van der Waals surface area contributed by atoms with Gasteiger partial charge in [-0.15, -0.1) is 0 Å². The first-order chi connectivity index (χ1) is 1.73. The van der Waals surface area contributed by atoms with E-state index in [9.17, 15) is 0 Å². The summed E-state index contributed by atoms with van der Waals surface area (Å²) in [6.07, 6.45) is 0. The zero-order valence-corrected chi connectivity index (χ0v) is 9.18. The van der Waals surface area contributed by atoms with Crippen molar-refractivity contribution in [2.45, 2.75) is 0 Å². The molecule has 6 heavy (non-hydrogen) atoms. The van der Waals surface area contributed by atoms with Gasteiger partial charge in [-0.1, -0.05) is 0 Å². The van der Waals surface area contributed by atoms with Crippen LogP contribution in [0.15, 0.2) is 0 Å². The molecule has 26 valence electrons. The van der Waals surface area contributed by atoms with E-state index >= 15 is 0 Å². The largest absolute Gasteiger partial charge is 0.313 e. The van der Waals surface area contributed by atoms with Crippen LogP contribution in [0.3, 0.4) is 0 Å². The molecule has 0 bridgehead atoms. The van der Waals surface area contributed by atoms with Crippen LogP contribution in [0.1, 0.15) is 0 Å². The molecule has 0 saturated carbocycles. The zero-order chi connectivity index (χ0) is 3.58. The fraction of sp³-hybridized carbons (Fsp3) is 0. The van der Waals surface area contributed by atoms with Gasteiger partial charge in [-0.05, 0) is 23.2 Å². The third-order valence-corrected chi connectivity index (χ3v) is 0. The predicted molar refractivity (Wildman–Crippen MR) is 28.6 cm³/mol. The molecule has 0 atom stereocenters. The maximum absolute atomic E-state index is 8.98. The van der Waals surface area contributed by atoms with Gasteiger partial charge < -0.3 is 0 Å². The number of hydrogen-bond donors (Lipinski definition) is 0. The quantitative estimate of drug-likeness (QED) is 0.364. The monoisotopic (exact) mass is 144 g/mol. The summed E-state index contributed by atoms with van der Waals surface area (Å²) in [4.78, 5) is 8.98. The Morgan fingerprint density at radius 2 is 1.17 bits per heavy atom. The summed E-state index contributed by atoms with van der Waals surface area (Å²) in [6, 6.07) is 0. The Kier molecular flexibility index (Phi) is 26.9. The summed E-state index contributed by atoms with van der Waals surface area (Å²) in [5.41, 5.74) is 0. The van der Waals surface area contributed by atoms with E-state index in [4.69, 9.17) is 4.79 Å². The van der Waals surface area contributed by atoms with Gasteiger partial charge in [-0.25, -0.2) is 0 Å². The Morgan fingerprint density at radius 1 is 1.17 bits per heavy atom. The van der Waals surface area contributed by atoms with Crippen LogP contribution in [-0.4, -0.2) is 63.8 Å². The molecule has 0 spiro atoms. The van der Waals surface area contributed by atoms with Gasteiger partial charge in [0.2, 0.25) is 0 Å². The van der Waals surface area contributed by atoms with Gasteiger partial charge in [0.25, 0.3) is 0 Å². The SMILES string of the molecule is O=C(Cl)Cl.[Na].[Na]. The van der Waals surface area contributed by atoms with E-state index in [0.717, 1.165) is 0 Å². The Morgan fingerprint density at radius 3 is 1.17 bits per heavy atom. The van der Waals surface area contributed by atoms with Crippen molar-refractivity contribution in [3.63, 3.8) is 0 Å². The topological polar surface area (TPSA) is 17.1 Å². The molecule has 0 N–H and O–H groups in total. The van der Waals surface area contributed by atoms with Gasteiger partial charge >= 0.3 is 4.70 Å². The van der Waals surface area contributed by atoms with Crippen LogP contribution in [0.2, 0.25) is 0 Å². The van der Waals surface area contributed by atoms with Crippen molar-refractivity contribution in [1.29, 1.82) is 0 Å². The van der Waals surface area contributed by atoms with Crippen molar-refractivity contribution >= 4 is 87.0 Å². The number of hydrogen-bond acceptors (Lipinski definition) is 1. The van der Waals surface area contributed by atoms with Crippen molar-refractivity contribution in [1.82, 2.24) is 0 Å². The first kappa shape index (κ1) is 15.7. The smallest absolute Gasteiger partial charge is 0.262 e. The zero-order valence-electron chi connectivity index (χ0n) is 3.66. The Labute approximate surface area is 90.3 Å². The van der Waals surface area contributed by atoms with E-state index in [1.165, 1.54) is 0 Å². The van der Waals surface area contributed by atoms with E-state index < -0.39 is 4.70 Å². The number of rotatable bonds is 0. The summed E-state index contributed by atoms with van der Waals surface area (Å²) in [5.74, 6) is 0. The normalized spacial score (nSPS) is 4.33. The Bertz CT molecular complexity index is 34.5. The molecule has 1 nitrogen and oxygen atoms in total. The fourth-order valence-electron chi connectivity index (χ4n) is 0. The third kappa shape index (κ3) is 34.0. The number of halogens is 2. The predicted octanol–water partition coefficient (Wildman–Crippen LogP) is 0.822. The van der Waals surface area contributed by atoms with Gasteiger partial charge in [-0.2, -0.15) is 0 Å². The first-order valence-electron chi connectivity index (χ1n) is 0.582. The van der Waals surface area contributed by atoms with Crippen LogP contribution in [0.5, 0.6) is 0 Å². The molecule has 0 aromatic rings. The molecule has 0 amide bonds. The van der Waals surface area contributed by atoms with Crippen molar-refractivity contribution in [2.24, 2.45) is 0 Å². The maximum atomic E-state index is 8.98. The Balaban J connectivity index is -0.0000000450. The summed E-state index contributed by atoms with van der Waals surface area (Å²) in [5, 5.41) is 0. The van der Waals surface area contributed by atoms with Crippen molar-refractivity contribution in [2.75, 3.05) is 0 Å². The molecule has 0 aliphatic rings. The van der Waals surface area contributed by atoms with E-state index in [1.54, 1.807) is 0 Å². The van der Waals surface area contributed by atoms with Crippen LogP contribution >= 0.6 is 23.2 Å². The molecule has 0 fully saturated rings. The summed E-state index contributed by atoms with van der Waals surface area (Å²) in [6.45, 7) is 0. The van der Waals surface area contributed by atoms with Gasteiger partial charge in [0.1, 0.15) is 0 Å². The van der Waals surface area contributed by atoms with E-state index in [2.05, 4.69) is 23.2 Å². The van der Waals surface area contributed by atoms with E-state index in [0.29, 0.717) is 0 Å². The minimum absolute atomic E-state index is 0. The molecule has 0 aliphatic heterocycles. The van der Waals surface area contributed by atoms with Gasteiger partial charge in [0.05, 0.1) is 0 Å².